The van der Waals surface area contributed by atoms with Crippen molar-refractivity contribution in [1.29, 1.82) is 0 Å². The molecule has 0 atom stereocenters. The minimum atomic E-state index is -1.03. The van der Waals surface area contributed by atoms with E-state index in [2.05, 4.69) is 9.47 Å². The van der Waals surface area contributed by atoms with Crippen molar-refractivity contribution in [2.24, 2.45) is 0 Å². The van der Waals surface area contributed by atoms with Crippen LogP contribution in [0, 0.1) is 0 Å². The first-order valence-electron chi connectivity index (χ1n) is 4.26. The van der Waals surface area contributed by atoms with E-state index in [1.807, 2.05) is 0 Å². The van der Waals surface area contributed by atoms with Gasteiger partial charge in [-0.3, -0.25) is 0 Å². The Morgan fingerprint density at radius 2 is 1.47 bits per heavy atom. The summed E-state index contributed by atoms with van der Waals surface area (Å²) in [6.45, 7) is 4.68. The average molecular weight is 224 g/mol. The molecule has 0 aliphatic heterocycles. The van der Waals surface area contributed by atoms with Crippen molar-refractivity contribution in [3.63, 3.8) is 0 Å². The Balaban J connectivity index is 0. The number of ether oxygens (including phenoxy) is 2. The maximum absolute atomic E-state index is 11.1. The van der Waals surface area contributed by atoms with Gasteiger partial charge >= 0.3 is 41.5 Å². The molecular formula is C9H13NaO5. The van der Waals surface area contributed by atoms with Crippen LogP contribution in [-0.2, 0) is 19.1 Å². The van der Waals surface area contributed by atoms with E-state index in [1.165, 1.54) is 6.92 Å². The number of esters is 2. The zero-order valence-corrected chi connectivity index (χ0v) is 11.5. The largest absolute Gasteiger partial charge is 1.00 e. The van der Waals surface area contributed by atoms with Crippen LogP contribution in [0.15, 0.2) is 11.3 Å². The van der Waals surface area contributed by atoms with Crippen LogP contribution >= 0.6 is 0 Å². The molecule has 80 valence electrons. The molecule has 0 aromatic rings. The monoisotopic (exact) mass is 224 g/mol. The van der Waals surface area contributed by atoms with Gasteiger partial charge in [0, 0.05) is 5.57 Å². The zero-order valence-electron chi connectivity index (χ0n) is 9.46. The Morgan fingerprint density at radius 1 is 1.07 bits per heavy atom. The summed E-state index contributed by atoms with van der Waals surface area (Å²) in [6.07, 6.45) is 0. The third-order valence-corrected chi connectivity index (χ3v) is 1.38. The zero-order chi connectivity index (χ0) is 11.1. The number of hydrogen-bond acceptors (Lipinski definition) is 5. The first-order valence-corrected chi connectivity index (χ1v) is 4.26. The van der Waals surface area contributed by atoms with E-state index < -0.39 is 17.7 Å². The Bertz CT molecular complexity index is 233. The number of carbonyl (C=O) groups excluding carboxylic acids is 2. The van der Waals surface area contributed by atoms with Crippen molar-refractivity contribution < 1.29 is 53.7 Å². The van der Waals surface area contributed by atoms with Gasteiger partial charge in [-0.1, -0.05) is 0 Å². The van der Waals surface area contributed by atoms with Crippen LogP contribution < -0.4 is 34.7 Å². The van der Waals surface area contributed by atoms with Crippen LogP contribution in [0.5, 0.6) is 0 Å². The summed E-state index contributed by atoms with van der Waals surface area (Å²) >= 11 is 0. The molecule has 0 N–H and O–H groups in total. The van der Waals surface area contributed by atoms with Gasteiger partial charge in [0.2, 0.25) is 0 Å². The van der Waals surface area contributed by atoms with Crippen molar-refractivity contribution in [2.75, 3.05) is 13.2 Å². The van der Waals surface area contributed by atoms with Crippen LogP contribution in [0.2, 0.25) is 0 Å². The molecule has 0 aromatic heterocycles. The molecular weight excluding hydrogens is 211 g/mol. The van der Waals surface area contributed by atoms with E-state index in [1.54, 1.807) is 13.8 Å². The molecule has 6 heteroatoms. The first kappa shape index (κ1) is 16.9. The predicted octanol–water partition coefficient (Wildman–Crippen LogP) is -3.25. The number of rotatable bonds is 4. The Labute approximate surface area is 111 Å². The molecule has 0 amide bonds. The fourth-order valence-corrected chi connectivity index (χ4v) is 0.682. The summed E-state index contributed by atoms with van der Waals surface area (Å²) < 4.78 is 8.98. The molecule has 0 radical (unpaired) electrons. The van der Waals surface area contributed by atoms with Crippen molar-refractivity contribution in [2.45, 2.75) is 20.8 Å². The Kier molecular flexibility index (Phi) is 9.87. The van der Waals surface area contributed by atoms with Gasteiger partial charge in [-0.15, -0.1) is 0 Å². The maximum atomic E-state index is 11.1. The molecule has 0 aliphatic rings. The topological polar surface area (TPSA) is 75.7 Å². The van der Waals surface area contributed by atoms with Crippen LogP contribution in [0.3, 0.4) is 0 Å². The molecule has 0 aliphatic carbocycles. The molecule has 0 fully saturated rings. The third-order valence-electron chi connectivity index (χ3n) is 1.38. The summed E-state index contributed by atoms with van der Waals surface area (Å²) in [5.74, 6) is -2.77. The summed E-state index contributed by atoms with van der Waals surface area (Å²) in [5, 5.41) is 11.1. The smallest absolute Gasteiger partial charge is 0.867 e. The molecule has 0 aromatic carbocycles. The molecule has 0 heterocycles. The minimum absolute atomic E-state index is 0. The van der Waals surface area contributed by atoms with Crippen LogP contribution in [0.4, 0.5) is 0 Å². The van der Waals surface area contributed by atoms with Gasteiger partial charge in [-0.2, -0.15) is 0 Å². The van der Waals surface area contributed by atoms with Crippen molar-refractivity contribution >= 4 is 11.9 Å². The standard InChI is InChI=1S/C9H14O5.Na/c1-4-13-8(11)6(3)7(10)9(12)14-5-2;/h10H,4-5H2,1-3H3;/q;+1/p-1/b7-6+;. The fraction of sp³-hybridized carbons (Fsp3) is 0.556. The molecule has 0 bridgehead atoms. The van der Waals surface area contributed by atoms with Gasteiger partial charge in [0.05, 0.1) is 13.2 Å². The van der Waals surface area contributed by atoms with Crippen molar-refractivity contribution in [3.05, 3.63) is 11.3 Å². The Hall–Kier alpha value is -0.520. The van der Waals surface area contributed by atoms with Crippen LogP contribution in [0.1, 0.15) is 20.8 Å². The Morgan fingerprint density at radius 3 is 1.87 bits per heavy atom. The molecule has 5 nitrogen and oxygen atoms in total. The van der Waals surface area contributed by atoms with E-state index in [9.17, 15) is 14.7 Å². The van der Waals surface area contributed by atoms with Crippen molar-refractivity contribution in [1.82, 2.24) is 0 Å². The van der Waals surface area contributed by atoms with E-state index in [0.29, 0.717) is 0 Å². The summed E-state index contributed by atoms with van der Waals surface area (Å²) in [4.78, 5) is 21.9. The molecule has 0 unspecified atom stereocenters. The predicted molar refractivity (Wildman–Crippen MR) is 46.0 cm³/mol. The maximum Gasteiger partial charge on any atom is 1.00 e. The minimum Gasteiger partial charge on any atom is -0.867 e. The van der Waals surface area contributed by atoms with E-state index >= 15 is 0 Å². The average Bonchev–Trinajstić information content (AvgIpc) is 2.16. The normalized spacial score (nSPS) is 10.9. The molecule has 15 heavy (non-hydrogen) atoms. The summed E-state index contributed by atoms with van der Waals surface area (Å²) in [6, 6.07) is 0. The molecule has 0 saturated carbocycles. The van der Waals surface area contributed by atoms with Crippen LogP contribution in [-0.4, -0.2) is 25.2 Å². The van der Waals surface area contributed by atoms with E-state index in [4.69, 9.17) is 0 Å². The second kappa shape index (κ2) is 8.76. The summed E-state index contributed by atoms with van der Waals surface area (Å²) in [5.41, 5.74) is -0.259. The SMILES string of the molecule is CCOC(=O)/C(C)=C(/[O-])C(=O)OCC.[Na+]. The third kappa shape index (κ3) is 5.81. The van der Waals surface area contributed by atoms with Crippen molar-refractivity contribution in [3.8, 4) is 0 Å². The second-order valence-electron chi connectivity index (χ2n) is 2.40. The van der Waals surface area contributed by atoms with Gasteiger partial charge < -0.3 is 14.6 Å². The first-order chi connectivity index (χ1) is 6.54. The second-order valence-corrected chi connectivity index (χ2v) is 2.40. The number of carbonyl (C=O) groups is 2. The van der Waals surface area contributed by atoms with E-state index in [0.717, 1.165) is 0 Å². The van der Waals surface area contributed by atoms with Gasteiger partial charge in [0.25, 0.3) is 0 Å². The van der Waals surface area contributed by atoms with Crippen LogP contribution in [0.25, 0.3) is 0 Å². The summed E-state index contributed by atoms with van der Waals surface area (Å²) in [7, 11) is 0. The van der Waals surface area contributed by atoms with Gasteiger partial charge in [-0.25, -0.2) is 9.59 Å². The molecule has 0 rings (SSSR count). The molecule has 0 spiro atoms. The van der Waals surface area contributed by atoms with Gasteiger partial charge in [0.1, 0.15) is 0 Å². The van der Waals surface area contributed by atoms with E-state index in [-0.39, 0.29) is 48.3 Å². The van der Waals surface area contributed by atoms with Gasteiger partial charge in [0.15, 0.2) is 0 Å². The van der Waals surface area contributed by atoms with Gasteiger partial charge in [-0.05, 0) is 26.5 Å². The fourth-order valence-electron chi connectivity index (χ4n) is 0.682. The quantitative estimate of drug-likeness (QED) is 0.217. The molecule has 0 saturated heterocycles. The number of hydrogen-bond donors (Lipinski definition) is 0.